The fraction of sp³-hybridized carbons (Fsp3) is 0.875. The van der Waals surface area contributed by atoms with Crippen LogP contribution in [-0.4, -0.2) is 18.4 Å². The van der Waals surface area contributed by atoms with E-state index in [-0.39, 0.29) is 42.0 Å². The number of carbonyl (C=O) groups excluding carboxylic acids is 2. The molecule has 0 spiro atoms. The number of hydrogen-bond donors (Lipinski definition) is 1. The Labute approximate surface area is 151 Å². The molecule has 0 heterocycles. The Bertz CT molecular complexity index is 272. The second-order valence-corrected chi connectivity index (χ2v) is 5.60. The van der Waals surface area contributed by atoms with Crippen molar-refractivity contribution in [1.82, 2.24) is 5.32 Å². The van der Waals surface area contributed by atoms with Crippen LogP contribution in [0.4, 0.5) is 0 Å². The Morgan fingerprint density at radius 2 is 1.43 bits per heavy atom. The molecule has 0 radical (unpaired) electrons. The summed E-state index contributed by atoms with van der Waals surface area (Å²) in [6.45, 7) is 3.92. The van der Waals surface area contributed by atoms with Crippen molar-refractivity contribution in [3.63, 3.8) is 0 Å². The molecule has 0 aliphatic rings. The summed E-state index contributed by atoms with van der Waals surface area (Å²) in [7, 11) is 0. The topological polar surface area (TPSA) is 69.2 Å². The first-order valence-corrected chi connectivity index (χ1v) is 8.05. The van der Waals surface area contributed by atoms with Crippen molar-refractivity contribution in [2.45, 2.75) is 78.1 Å². The maximum absolute atomic E-state index is 11.5. The molecule has 0 aromatic rings. The number of nitrogens with one attached hydrogen (secondary N) is 1. The van der Waals surface area contributed by atoms with Gasteiger partial charge in [0.2, 0.25) is 5.91 Å². The van der Waals surface area contributed by atoms with Crippen molar-refractivity contribution in [2.75, 3.05) is 6.54 Å². The van der Waals surface area contributed by atoms with Crippen LogP contribution in [0.2, 0.25) is 0 Å². The molecular formula is C16H30NNaO3. The number of hydrogen-bond acceptors (Lipinski definition) is 3. The third-order valence-electron chi connectivity index (χ3n) is 3.52. The average molecular weight is 307 g/mol. The SMILES string of the molecule is CCCCCCCCCCCC(=O)NCC(C)C(=O)[O-].[Na+]. The van der Waals surface area contributed by atoms with Crippen LogP contribution >= 0.6 is 0 Å². The second-order valence-electron chi connectivity index (χ2n) is 5.60. The number of aliphatic carboxylic acids is 1. The first-order chi connectivity index (χ1) is 9.57. The van der Waals surface area contributed by atoms with Crippen LogP contribution in [0.5, 0.6) is 0 Å². The molecule has 4 nitrogen and oxygen atoms in total. The van der Waals surface area contributed by atoms with Gasteiger partial charge in [0.1, 0.15) is 0 Å². The molecule has 21 heavy (non-hydrogen) atoms. The number of carbonyl (C=O) groups is 2. The second kappa shape index (κ2) is 16.3. The van der Waals surface area contributed by atoms with E-state index < -0.39 is 11.9 Å². The van der Waals surface area contributed by atoms with Crippen LogP contribution < -0.4 is 40.0 Å². The summed E-state index contributed by atoms with van der Waals surface area (Å²) in [4.78, 5) is 21.9. The Balaban J connectivity index is 0. The van der Waals surface area contributed by atoms with Crippen LogP contribution in [0.3, 0.4) is 0 Å². The van der Waals surface area contributed by atoms with Gasteiger partial charge in [0.05, 0.1) is 0 Å². The van der Waals surface area contributed by atoms with Crippen LogP contribution in [0.1, 0.15) is 78.1 Å². The van der Waals surface area contributed by atoms with Gasteiger partial charge in [0.25, 0.3) is 0 Å². The number of rotatable bonds is 13. The zero-order valence-electron chi connectivity index (χ0n) is 14.1. The van der Waals surface area contributed by atoms with E-state index in [2.05, 4.69) is 12.2 Å². The average Bonchev–Trinajstić information content (AvgIpc) is 2.42. The minimum absolute atomic E-state index is 0. The Morgan fingerprint density at radius 1 is 0.952 bits per heavy atom. The number of carboxylic acids is 1. The zero-order chi connectivity index (χ0) is 15.2. The summed E-state index contributed by atoms with van der Waals surface area (Å²) in [6, 6.07) is 0. The third-order valence-corrected chi connectivity index (χ3v) is 3.52. The van der Waals surface area contributed by atoms with Crippen LogP contribution in [0, 0.1) is 5.92 Å². The van der Waals surface area contributed by atoms with Crippen molar-refractivity contribution in [2.24, 2.45) is 5.92 Å². The molecule has 0 fully saturated rings. The smallest absolute Gasteiger partial charge is 0.550 e. The van der Waals surface area contributed by atoms with Gasteiger partial charge in [-0.2, -0.15) is 0 Å². The maximum Gasteiger partial charge on any atom is 1.00 e. The van der Waals surface area contributed by atoms with E-state index >= 15 is 0 Å². The van der Waals surface area contributed by atoms with Crippen molar-refractivity contribution in [3.8, 4) is 0 Å². The molecule has 0 saturated carbocycles. The molecule has 0 aliphatic heterocycles. The summed E-state index contributed by atoms with van der Waals surface area (Å²) in [5.74, 6) is -1.79. The van der Waals surface area contributed by atoms with Gasteiger partial charge in [-0.05, 0) is 6.42 Å². The molecule has 0 aromatic heterocycles. The Morgan fingerprint density at radius 3 is 1.90 bits per heavy atom. The predicted octanol–water partition coefficient (Wildman–Crippen LogP) is -0.586. The monoisotopic (exact) mass is 307 g/mol. The predicted molar refractivity (Wildman–Crippen MR) is 79.0 cm³/mol. The van der Waals surface area contributed by atoms with E-state index in [9.17, 15) is 14.7 Å². The number of amides is 1. The quantitative estimate of drug-likeness (QED) is 0.365. The fourth-order valence-electron chi connectivity index (χ4n) is 2.03. The van der Waals surface area contributed by atoms with Crippen LogP contribution in [0.15, 0.2) is 0 Å². The molecular weight excluding hydrogens is 277 g/mol. The molecule has 0 aliphatic carbocycles. The van der Waals surface area contributed by atoms with E-state index in [4.69, 9.17) is 0 Å². The van der Waals surface area contributed by atoms with Gasteiger partial charge in [-0.1, -0.05) is 65.2 Å². The minimum atomic E-state index is -1.12. The normalized spacial score (nSPS) is 11.5. The van der Waals surface area contributed by atoms with Gasteiger partial charge in [-0.25, -0.2) is 0 Å². The molecule has 1 amide bonds. The first kappa shape index (κ1) is 23.2. The van der Waals surface area contributed by atoms with E-state index in [0.29, 0.717) is 6.42 Å². The van der Waals surface area contributed by atoms with Crippen molar-refractivity contribution in [3.05, 3.63) is 0 Å². The standard InChI is InChI=1S/C16H31NO3.Na/c1-3-4-5-6-7-8-9-10-11-12-15(18)17-13-14(2)16(19)20;/h14H,3-13H2,1-2H3,(H,17,18)(H,19,20);/q;+1/p-1. The third kappa shape index (κ3) is 16.1. The van der Waals surface area contributed by atoms with Gasteiger partial charge in [-0.15, -0.1) is 0 Å². The fourth-order valence-corrected chi connectivity index (χ4v) is 2.03. The summed E-state index contributed by atoms with van der Waals surface area (Å²) in [5, 5.41) is 13.1. The van der Waals surface area contributed by atoms with Gasteiger partial charge < -0.3 is 15.2 Å². The number of carboxylic acid groups (broad SMARTS) is 1. The van der Waals surface area contributed by atoms with Crippen molar-refractivity contribution < 1.29 is 44.3 Å². The molecule has 0 saturated heterocycles. The van der Waals surface area contributed by atoms with E-state index in [1.165, 1.54) is 51.9 Å². The molecule has 5 heteroatoms. The van der Waals surface area contributed by atoms with Crippen molar-refractivity contribution >= 4 is 11.9 Å². The van der Waals surface area contributed by atoms with Gasteiger partial charge in [-0.3, -0.25) is 4.79 Å². The molecule has 1 N–H and O–H groups in total. The summed E-state index contributed by atoms with van der Waals surface area (Å²) < 4.78 is 0. The molecule has 0 aromatic carbocycles. The Hall–Kier alpha value is -0.0600. The molecule has 0 rings (SSSR count). The van der Waals surface area contributed by atoms with E-state index in [1.807, 2.05) is 0 Å². The van der Waals surface area contributed by atoms with Crippen molar-refractivity contribution in [1.29, 1.82) is 0 Å². The molecule has 118 valence electrons. The van der Waals surface area contributed by atoms with Gasteiger partial charge in [0.15, 0.2) is 0 Å². The summed E-state index contributed by atoms with van der Waals surface area (Å²) in [6.07, 6.45) is 11.5. The zero-order valence-corrected chi connectivity index (χ0v) is 16.1. The summed E-state index contributed by atoms with van der Waals surface area (Å²) in [5.41, 5.74) is 0. The number of unbranched alkanes of at least 4 members (excludes halogenated alkanes) is 8. The minimum Gasteiger partial charge on any atom is -0.550 e. The van der Waals surface area contributed by atoms with Crippen LogP contribution in [0.25, 0.3) is 0 Å². The van der Waals surface area contributed by atoms with Crippen LogP contribution in [-0.2, 0) is 9.59 Å². The largest absolute Gasteiger partial charge is 1.00 e. The molecule has 1 atom stereocenters. The van der Waals surface area contributed by atoms with E-state index in [1.54, 1.807) is 0 Å². The summed E-state index contributed by atoms with van der Waals surface area (Å²) >= 11 is 0. The molecule has 0 bridgehead atoms. The maximum atomic E-state index is 11.5. The van der Waals surface area contributed by atoms with Gasteiger partial charge >= 0.3 is 29.6 Å². The first-order valence-electron chi connectivity index (χ1n) is 8.05. The Kier molecular flexibility index (Phi) is 18.0. The van der Waals surface area contributed by atoms with Gasteiger partial charge in [0, 0.05) is 24.9 Å². The van der Waals surface area contributed by atoms with E-state index in [0.717, 1.165) is 12.8 Å². The molecule has 1 unspecified atom stereocenters.